The molecule has 4 rings (SSSR count). The summed E-state index contributed by atoms with van der Waals surface area (Å²) in [5.74, 6) is -0.0621. The lowest BCUT2D eigenvalue weighted by Gasteiger charge is -2.08. The van der Waals surface area contributed by atoms with Crippen LogP contribution in [0.25, 0.3) is 22.8 Å². The molecule has 106 valence electrons. The van der Waals surface area contributed by atoms with Gasteiger partial charge in [-0.1, -0.05) is 42.5 Å². The Bertz CT molecular complexity index is 862. The maximum Gasteiger partial charge on any atom is 0.256 e. The minimum absolute atomic E-state index is 0.0621. The smallest absolute Gasteiger partial charge is 0.256 e. The van der Waals surface area contributed by atoms with E-state index in [1.165, 1.54) is 0 Å². The van der Waals surface area contributed by atoms with Gasteiger partial charge in [-0.3, -0.25) is 4.79 Å². The molecule has 1 aliphatic rings. The number of amides is 1. The highest BCUT2D eigenvalue weighted by molar-refractivity contribution is 6.36. The normalized spacial score (nSPS) is 14.9. The molecule has 0 saturated carbocycles. The van der Waals surface area contributed by atoms with Gasteiger partial charge in [-0.25, -0.2) is 0 Å². The molecule has 0 bridgehead atoms. The van der Waals surface area contributed by atoms with Gasteiger partial charge in [-0.2, -0.15) is 0 Å². The molecule has 0 fully saturated rings. The van der Waals surface area contributed by atoms with E-state index < -0.39 is 0 Å². The van der Waals surface area contributed by atoms with Gasteiger partial charge < -0.3 is 10.3 Å². The fourth-order valence-electron chi connectivity index (χ4n) is 2.84. The van der Waals surface area contributed by atoms with Crippen LogP contribution in [-0.2, 0) is 4.79 Å². The number of carbonyl (C=O) groups is 1. The lowest BCUT2D eigenvalue weighted by molar-refractivity contribution is -0.110. The molecule has 0 atom stereocenters. The van der Waals surface area contributed by atoms with E-state index in [4.69, 9.17) is 0 Å². The highest BCUT2D eigenvalue weighted by atomic mass is 16.2. The highest BCUT2D eigenvalue weighted by Gasteiger charge is 2.27. The first-order chi connectivity index (χ1) is 10.8. The third-order valence-corrected chi connectivity index (χ3v) is 3.83. The standard InChI is InChI=1S/C19H14N2O/c22-19-16(12-14-8-5-11-20-14)18-15(9-4-10-17(18)21-19)13-6-2-1-3-7-13/h1-12,20H,(H,21,22)/b16-12-. The summed E-state index contributed by atoms with van der Waals surface area (Å²) in [7, 11) is 0. The van der Waals surface area contributed by atoms with Gasteiger partial charge >= 0.3 is 0 Å². The molecule has 0 unspecified atom stereocenters. The van der Waals surface area contributed by atoms with Gasteiger partial charge in [0.25, 0.3) is 5.91 Å². The van der Waals surface area contributed by atoms with E-state index in [0.29, 0.717) is 5.57 Å². The van der Waals surface area contributed by atoms with Gasteiger partial charge in [0, 0.05) is 23.1 Å². The molecular weight excluding hydrogens is 272 g/mol. The first-order valence-corrected chi connectivity index (χ1v) is 7.18. The Kier molecular flexibility index (Phi) is 2.90. The Hall–Kier alpha value is -3.07. The van der Waals surface area contributed by atoms with Crippen LogP contribution in [0.5, 0.6) is 0 Å². The van der Waals surface area contributed by atoms with Crippen molar-refractivity contribution in [2.45, 2.75) is 0 Å². The average molecular weight is 286 g/mol. The summed E-state index contributed by atoms with van der Waals surface area (Å²) >= 11 is 0. The number of hydrogen-bond donors (Lipinski definition) is 2. The molecule has 3 nitrogen and oxygen atoms in total. The largest absolute Gasteiger partial charge is 0.362 e. The van der Waals surface area contributed by atoms with Gasteiger partial charge in [-0.15, -0.1) is 0 Å². The summed E-state index contributed by atoms with van der Waals surface area (Å²) in [6.07, 6.45) is 3.75. The Morgan fingerprint density at radius 1 is 0.864 bits per heavy atom. The molecule has 2 N–H and O–H groups in total. The monoisotopic (exact) mass is 286 g/mol. The van der Waals surface area contributed by atoms with Crippen molar-refractivity contribution in [3.63, 3.8) is 0 Å². The molecule has 0 spiro atoms. The van der Waals surface area contributed by atoms with Crippen LogP contribution < -0.4 is 5.32 Å². The molecule has 1 aromatic heterocycles. The first kappa shape index (κ1) is 12.7. The number of fused-ring (bicyclic) bond motifs is 1. The Morgan fingerprint density at radius 3 is 2.50 bits per heavy atom. The lowest BCUT2D eigenvalue weighted by Crippen LogP contribution is -2.03. The highest BCUT2D eigenvalue weighted by Crippen LogP contribution is 2.40. The van der Waals surface area contributed by atoms with E-state index in [0.717, 1.165) is 28.1 Å². The number of H-pyrrole nitrogens is 1. The quantitative estimate of drug-likeness (QED) is 0.682. The second-order valence-corrected chi connectivity index (χ2v) is 5.23. The maximum atomic E-state index is 12.3. The summed E-state index contributed by atoms with van der Waals surface area (Å²) in [5.41, 5.74) is 5.61. The Morgan fingerprint density at radius 2 is 1.73 bits per heavy atom. The van der Waals surface area contributed by atoms with Crippen LogP contribution in [0.4, 0.5) is 5.69 Å². The molecule has 3 aromatic rings. The summed E-state index contributed by atoms with van der Waals surface area (Å²) < 4.78 is 0. The summed E-state index contributed by atoms with van der Waals surface area (Å²) in [6, 6.07) is 20.0. The second-order valence-electron chi connectivity index (χ2n) is 5.23. The number of rotatable bonds is 2. The zero-order valence-electron chi connectivity index (χ0n) is 11.8. The third kappa shape index (κ3) is 2.04. The number of anilines is 1. The Balaban J connectivity index is 1.93. The average Bonchev–Trinajstić information content (AvgIpc) is 3.17. The maximum absolute atomic E-state index is 12.3. The van der Waals surface area contributed by atoms with Crippen LogP contribution in [-0.4, -0.2) is 10.9 Å². The fourth-order valence-corrected chi connectivity index (χ4v) is 2.84. The summed E-state index contributed by atoms with van der Waals surface area (Å²) in [5, 5.41) is 2.95. The van der Waals surface area contributed by atoms with E-state index in [-0.39, 0.29) is 5.91 Å². The topological polar surface area (TPSA) is 44.9 Å². The van der Waals surface area contributed by atoms with E-state index >= 15 is 0 Å². The van der Waals surface area contributed by atoms with Crippen molar-refractivity contribution >= 4 is 23.2 Å². The molecular formula is C19H14N2O. The van der Waals surface area contributed by atoms with Crippen LogP contribution in [0.15, 0.2) is 66.9 Å². The van der Waals surface area contributed by atoms with Crippen LogP contribution in [0.2, 0.25) is 0 Å². The number of benzene rings is 2. The van der Waals surface area contributed by atoms with Gasteiger partial charge in [0.1, 0.15) is 0 Å². The van der Waals surface area contributed by atoms with Crippen molar-refractivity contribution in [1.82, 2.24) is 4.98 Å². The van der Waals surface area contributed by atoms with Crippen molar-refractivity contribution in [3.05, 3.63) is 78.1 Å². The molecule has 0 aliphatic carbocycles. The van der Waals surface area contributed by atoms with E-state index in [1.807, 2.05) is 54.7 Å². The van der Waals surface area contributed by atoms with Gasteiger partial charge in [-0.05, 0) is 35.4 Å². The van der Waals surface area contributed by atoms with Gasteiger partial charge in [0.05, 0.1) is 5.57 Å². The van der Waals surface area contributed by atoms with Crippen molar-refractivity contribution in [1.29, 1.82) is 0 Å². The molecule has 0 saturated heterocycles. The number of aromatic nitrogens is 1. The number of aromatic amines is 1. The van der Waals surface area contributed by atoms with Crippen molar-refractivity contribution in [3.8, 4) is 11.1 Å². The zero-order valence-corrected chi connectivity index (χ0v) is 11.8. The van der Waals surface area contributed by atoms with E-state index in [1.54, 1.807) is 0 Å². The van der Waals surface area contributed by atoms with Crippen LogP contribution in [0.1, 0.15) is 11.3 Å². The third-order valence-electron chi connectivity index (χ3n) is 3.83. The Labute approximate surface area is 128 Å². The van der Waals surface area contributed by atoms with Crippen molar-refractivity contribution in [2.75, 3.05) is 5.32 Å². The molecule has 3 heteroatoms. The lowest BCUT2D eigenvalue weighted by atomic mass is 9.94. The van der Waals surface area contributed by atoms with Crippen molar-refractivity contribution < 1.29 is 4.79 Å². The second kappa shape index (κ2) is 5.04. The first-order valence-electron chi connectivity index (χ1n) is 7.18. The van der Waals surface area contributed by atoms with Gasteiger partial charge in [0.2, 0.25) is 0 Å². The molecule has 0 radical (unpaired) electrons. The van der Waals surface area contributed by atoms with Crippen LogP contribution >= 0.6 is 0 Å². The SMILES string of the molecule is O=C1Nc2cccc(-c3ccccc3)c2/C1=C/c1ccc[nH]1. The molecule has 1 aliphatic heterocycles. The number of hydrogen-bond acceptors (Lipinski definition) is 1. The fraction of sp³-hybridized carbons (Fsp3) is 0. The van der Waals surface area contributed by atoms with E-state index in [2.05, 4.69) is 28.5 Å². The summed E-state index contributed by atoms with van der Waals surface area (Å²) in [6.45, 7) is 0. The molecule has 22 heavy (non-hydrogen) atoms. The molecule has 1 amide bonds. The number of carbonyl (C=O) groups excluding carboxylic acids is 1. The minimum atomic E-state index is -0.0621. The predicted octanol–water partition coefficient (Wildman–Crippen LogP) is 4.17. The predicted molar refractivity (Wildman–Crippen MR) is 89.2 cm³/mol. The summed E-state index contributed by atoms with van der Waals surface area (Å²) in [4.78, 5) is 15.5. The van der Waals surface area contributed by atoms with Crippen LogP contribution in [0.3, 0.4) is 0 Å². The number of nitrogens with one attached hydrogen (secondary N) is 2. The molecule has 2 heterocycles. The van der Waals surface area contributed by atoms with E-state index in [9.17, 15) is 4.79 Å². The van der Waals surface area contributed by atoms with Crippen LogP contribution in [0, 0.1) is 0 Å². The van der Waals surface area contributed by atoms with Crippen molar-refractivity contribution in [2.24, 2.45) is 0 Å². The van der Waals surface area contributed by atoms with Gasteiger partial charge in [0.15, 0.2) is 0 Å². The zero-order chi connectivity index (χ0) is 14.9. The minimum Gasteiger partial charge on any atom is -0.362 e. The molecule has 2 aromatic carbocycles.